The molecule has 19 heavy (non-hydrogen) atoms. The lowest BCUT2D eigenvalue weighted by Gasteiger charge is -2.24. The zero-order valence-corrected chi connectivity index (χ0v) is 12.2. The van der Waals surface area contributed by atoms with Gasteiger partial charge in [-0.1, -0.05) is 19.1 Å². The first kappa shape index (κ1) is 15.5. The second kappa shape index (κ2) is 7.14. The molecule has 0 radical (unpaired) electrons. The molecule has 0 aromatic heterocycles. The summed E-state index contributed by atoms with van der Waals surface area (Å²) in [6.45, 7) is 9.61. The van der Waals surface area contributed by atoms with Crippen LogP contribution in [0, 0.1) is 0 Å². The molecule has 0 saturated heterocycles. The van der Waals surface area contributed by atoms with Gasteiger partial charge in [0.2, 0.25) is 5.91 Å². The maximum absolute atomic E-state index is 12.0. The Labute approximate surface area is 115 Å². The molecule has 1 aromatic carbocycles. The Morgan fingerprint density at radius 3 is 2.68 bits per heavy atom. The number of benzene rings is 1. The summed E-state index contributed by atoms with van der Waals surface area (Å²) in [6.07, 6.45) is 0. The third kappa shape index (κ3) is 4.91. The van der Waals surface area contributed by atoms with E-state index in [-0.39, 0.29) is 5.91 Å². The summed E-state index contributed by atoms with van der Waals surface area (Å²) < 4.78 is 5.43. The first-order chi connectivity index (χ1) is 8.99. The summed E-state index contributed by atoms with van der Waals surface area (Å²) in [5, 5.41) is 6.09. The van der Waals surface area contributed by atoms with E-state index in [1.807, 2.05) is 52.0 Å². The molecule has 1 amide bonds. The molecule has 0 spiro atoms. The van der Waals surface area contributed by atoms with Gasteiger partial charge in [-0.2, -0.15) is 0 Å². The molecule has 0 saturated carbocycles. The Balaban J connectivity index is 2.56. The van der Waals surface area contributed by atoms with Crippen LogP contribution in [0.2, 0.25) is 0 Å². The van der Waals surface area contributed by atoms with Gasteiger partial charge in [0.25, 0.3) is 0 Å². The van der Waals surface area contributed by atoms with E-state index in [1.165, 1.54) is 0 Å². The molecule has 106 valence electrons. The van der Waals surface area contributed by atoms with Crippen molar-refractivity contribution < 1.29 is 9.53 Å². The zero-order chi connectivity index (χ0) is 14.3. The fourth-order valence-electron chi connectivity index (χ4n) is 1.84. The lowest BCUT2D eigenvalue weighted by molar-refractivity contribution is -0.126. The van der Waals surface area contributed by atoms with Gasteiger partial charge in [-0.05, 0) is 45.0 Å². The molecule has 0 aliphatic heterocycles. The number of rotatable bonds is 7. The number of ether oxygens (including phenoxy) is 1. The van der Waals surface area contributed by atoms with Crippen molar-refractivity contribution in [2.24, 2.45) is 0 Å². The number of likely N-dealkylation sites (N-methyl/N-ethyl adjacent to an activating group) is 1. The Morgan fingerprint density at radius 2 is 2.05 bits per heavy atom. The minimum Gasteiger partial charge on any atom is -0.494 e. The van der Waals surface area contributed by atoms with Gasteiger partial charge in [0.15, 0.2) is 0 Å². The van der Waals surface area contributed by atoms with Crippen LogP contribution in [0.4, 0.5) is 0 Å². The van der Waals surface area contributed by atoms with E-state index in [9.17, 15) is 4.79 Å². The summed E-state index contributed by atoms with van der Waals surface area (Å²) in [5.41, 5.74) is 0.485. The quantitative estimate of drug-likeness (QED) is 0.793. The molecule has 2 N–H and O–H groups in total. The molecule has 0 atom stereocenters. The van der Waals surface area contributed by atoms with Crippen LogP contribution in [0.15, 0.2) is 24.3 Å². The predicted octanol–water partition coefficient (Wildman–Crippen LogP) is 2.09. The zero-order valence-electron chi connectivity index (χ0n) is 12.2. The molecular weight excluding hydrogens is 240 g/mol. The largest absolute Gasteiger partial charge is 0.494 e. The predicted molar refractivity (Wildman–Crippen MR) is 77.2 cm³/mol. The highest BCUT2D eigenvalue weighted by Gasteiger charge is 2.25. The monoisotopic (exact) mass is 264 g/mol. The maximum Gasteiger partial charge on any atom is 0.239 e. The number of carbonyl (C=O) groups is 1. The minimum atomic E-state index is -0.549. The second-order valence-corrected chi connectivity index (χ2v) is 4.92. The fraction of sp³-hybridized carbons (Fsp3) is 0.533. The summed E-state index contributed by atoms with van der Waals surface area (Å²) in [5.74, 6) is 0.830. The van der Waals surface area contributed by atoms with Crippen molar-refractivity contribution in [3.63, 3.8) is 0 Å². The van der Waals surface area contributed by atoms with Gasteiger partial charge >= 0.3 is 0 Å². The fourth-order valence-corrected chi connectivity index (χ4v) is 1.84. The Kier molecular flexibility index (Phi) is 5.83. The lowest BCUT2D eigenvalue weighted by atomic mass is 10.0. The highest BCUT2D eigenvalue weighted by molar-refractivity contribution is 5.85. The number of amides is 1. The van der Waals surface area contributed by atoms with E-state index in [0.29, 0.717) is 13.2 Å². The van der Waals surface area contributed by atoms with Crippen LogP contribution in [0.1, 0.15) is 33.3 Å². The van der Waals surface area contributed by atoms with Crippen LogP contribution < -0.4 is 15.4 Å². The van der Waals surface area contributed by atoms with Crippen LogP contribution >= 0.6 is 0 Å². The number of hydrogen-bond donors (Lipinski definition) is 2. The van der Waals surface area contributed by atoms with E-state index in [1.54, 1.807) is 0 Å². The van der Waals surface area contributed by atoms with E-state index in [4.69, 9.17) is 4.74 Å². The summed E-state index contributed by atoms with van der Waals surface area (Å²) in [6, 6.07) is 7.77. The molecule has 0 bridgehead atoms. The molecule has 0 aliphatic rings. The first-order valence-electron chi connectivity index (χ1n) is 6.74. The van der Waals surface area contributed by atoms with Crippen LogP contribution in [-0.2, 0) is 11.3 Å². The van der Waals surface area contributed by atoms with E-state index < -0.39 is 5.54 Å². The van der Waals surface area contributed by atoms with Crippen molar-refractivity contribution in [3.05, 3.63) is 29.8 Å². The summed E-state index contributed by atoms with van der Waals surface area (Å²) in [7, 11) is 0. The van der Waals surface area contributed by atoms with Crippen molar-refractivity contribution in [3.8, 4) is 5.75 Å². The standard InChI is InChI=1S/C15H24N2O2/c1-5-17-15(3,4)14(18)16-11-12-8-7-9-13(10-12)19-6-2/h7-10,17H,5-6,11H2,1-4H3,(H,16,18). The van der Waals surface area contributed by atoms with Gasteiger partial charge in [-0.25, -0.2) is 0 Å². The molecule has 0 heterocycles. The highest BCUT2D eigenvalue weighted by atomic mass is 16.5. The Hall–Kier alpha value is -1.55. The van der Waals surface area contributed by atoms with Crippen LogP contribution in [0.25, 0.3) is 0 Å². The van der Waals surface area contributed by atoms with Gasteiger partial charge in [0, 0.05) is 6.54 Å². The number of hydrogen-bond acceptors (Lipinski definition) is 3. The van der Waals surface area contributed by atoms with E-state index >= 15 is 0 Å². The molecule has 4 heteroatoms. The smallest absolute Gasteiger partial charge is 0.239 e. The molecule has 1 rings (SSSR count). The average Bonchev–Trinajstić information content (AvgIpc) is 2.36. The second-order valence-electron chi connectivity index (χ2n) is 4.92. The van der Waals surface area contributed by atoms with Gasteiger partial charge in [-0.15, -0.1) is 0 Å². The summed E-state index contributed by atoms with van der Waals surface area (Å²) >= 11 is 0. The van der Waals surface area contributed by atoms with E-state index in [2.05, 4.69) is 10.6 Å². The molecule has 4 nitrogen and oxygen atoms in total. The highest BCUT2D eigenvalue weighted by Crippen LogP contribution is 2.13. The topological polar surface area (TPSA) is 50.4 Å². The third-order valence-electron chi connectivity index (χ3n) is 2.85. The minimum absolute atomic E-state index is 0.00355. The number of nitrogens with one attached hydrogen (secondary N) is 2. The van der Waals surface area contributed by atoms with Gasteiger partial charge in [-0.3, -0.25) is 4.79 Å². The third-order valence-corrected chi connectivity index (χ3v) is 2.85. The van der Waals surface area contributed by atoms with Gasteiger partial charge in [0.05, 0.1) is 12.1 Å². The van der Waals surface area contributed by atoms with Gasteiger partial charge in [0.1, 0.15) is 5.75 Å². The molecule has 0 aliphatic carbocycles. The molecular formula is C15H24N2O2. The average molecular weight is 264 g/mol. The van der Waals surface area contributed by atoms with Crippen molar-refractivity contribution in [2.45, 2.75) is 39.8 Å². The Bertz CT molecular complexity index is 416. The van der Waals surface area contributed by atoms with Crippen molar-refractivity contribution in [1.29, 1.82) is 0 Å². The number of carbonyl (C=O) groups excluding carboxylic acids is 1. The molecule has 0 unspecified atom stereocenters. The molecule has 1 aromatic rings. The SMILES string of the molecule is CCNC(C)(C)C(=O)NCc1cccc(OCC)c1. The van der Waals surface area contributed by atoms with Gasteiger partial charge < -0.3 is 15.4 Å². The first-order valence-corrected chi connectivity index (χ1v) is 6.74. The van der Waals surface area contributed by atoms with Crippen LogP contribution in [-0.4, -0.2) is 24.6 Å². The Morgan fingerprint density at radius 1 is 1.32 bits per heavy atom. The normalized spacial score (nSPS) is 11.2. The van der Waals surface area contributed by atoms with Crippen LogP contribution in [0.5, 0.6) is 5.75 Å². The summed E-state index contributed by atoms with van der Waals surface area (Å²) in [4.78, 5) is 12.0. The molecule has 0 fully saturated rings. The van der Waals surface area contributed by atoms with Crippen molar-refractivity contribution in [2.75, 3.05) is 13.2 Å². The van der Waals surface area contributed by atoms with Crippen molar-refractivity contribution in [1.82, 2.24) is 10.6 Å². The van der Waals surface area contributed by atoms with E-state index in [0.717, 1.165) is 17.9 Å². The maximum atomic E-state index is 12.0. The van der Waals surface area contributed by atoms with Crippen molar-refractivity contribution >= 4 is 5.91 Å². The lowest BCUT2D eigenvalue weighted by Crippen LogP contribution is -2.52. The van der Waals surface area contributed by atoms with Crippen LogP contribution in [0.3, 0.4) is 0 Å².